The molecular formula is C13H16N4O. The Bertz CT molecular complexity index is 557. The summed E-state index contributed by atoms with van der Waals surface area (Å²) in [7, 11) is 0. The lowest BCUT2D eigenvalue weighted by Crippen LogP contribution is -2.37. The van der Waals surface area contributed by atoms with E-state index in [4.69, 9.17) is 0 Å². The lowest BCUT2D eigenvalue weighted by Gasteiger charge is -2.21. The van der Waals surface area contributed by atoms with E-state index < -0.39 is 0 Å². The van der Waals surface area contributed by atoms with Gasteiger partial charge in [0.05, 0.1) is 17.6 Å². The number of aromatic amines is 1. The number of carbonyl (C=O) groups excluding carboxylic acids is 1. The van der Waals surface area contributed by atoms with E-state index in [-0.39, 0.29) is 11.8 Å². The van der Waals surface area contributed by atoms with Gasteiger partial charge in [-0.05, 0) is 37.6 Å². The van der Waals surface area contributed by atoms with Gasteiger partial charge in [0.1, 0.15) is 0 Å². The minimum atomic E-state index is 0.0798. The van der Waals surface area contributed by atoms with Crippen LogP contribution in [-0.2, 0) is 4.79 Å². The summed E-state index contributed by atoms with van der Waals surface area (Å²) >= 11 is 0. The van der Waals surface area contributed by atoms with E-state index in [9.17, 15) is 4.79 Å². The van der Waals surface area contributed by atoms with Crippen molar-refractivity contribution in [3.63, 3.8) is 0 Å². The second-order valence-electron chi connectivity index (χ2n) is 4.70. The first-order chi connectivity index (χ1) is 8.83. The number of hydrogen-bond acceptors (Lipinski definition) is 3. The number of amides is 1. The molecular weight excluding hydrogens is 228 g/mol. The fraction of sp³-hybridized carbons (Fsp3) is 0.385. The molecule has 1 aromatic carbocycles. The number of nitrogens with one attached hydrogen (secondary N) is 3. The average Bonchev–Trinajstić information content (AvgIpc) is 2.87. The van der Waals surface area contributed by atoms with E-state index in [0.29, 0.717) is 0 Å². The molecule has 94 valence electrons. The molecule has 1 fully saturated rings. The Labute approximate surface area is 105 Å². The molecule has 2 heterocycles. The van der Waals surface area contributed by atoms with E-state index in [1.807, 2.05) is 18.2 Å². The molecule has 0 saturated carbocycles. The number of benzene rings is 1. The Morgan fingerprint density at radius 3 is 3.22 bits per heavy atom. The van der Waals surface area contributed by atoms with Crippen LogP contribution >= 0.6 is 0 Å². The van der Waals surface area contributed by atoms with E-state index >= 15 is 0 Å². The van der Waals surface area contributed by atoms with Gasteiger partial charge in [-0.3, -0.25) is 9.89 Å². The summed E-state index contributed by atoms with van der Waals surface area (Å²) in [6.07, 6.45) is 3.80. The lowest BCUT2D eigenvalue weighted by molar-refractivity contribution is -0.120. The van der Waals surface area contributed by atoms with Gasteiger partial charge in [-0.2, -0.15) is 5.10 Å². The van der Waals surface area contributed by atoms with Crippen LogP contribution in [0.4, 0.5) is 5.69 Å². The third-order valence-electron chi connectivity index (χ3n) is 3.38. The number of hydrogen-bond donors (Lipinski definition) is 3. The molecule has 18 heavy (non-hydrogen) atoms. The van der Waals surface area contributed by atoms with Crippen molar-refractivity contribution in [2.75, 3.05) is 18.4 Å². The highest BCUT2D eigenvalue weighted by Crippen LogP contribution is 2.18. The standard InChI is InChI=1S/C13H16N4O/c18-13(10-2-1-5-14-7-10)16-11-4-3-9-8-15-17-12(9)6-11/h3-4,6,8,10,14H,1-2,5,7H2,(H,15,17)(H,16,18)/t10-/m0/s1. The Kier molecular flexibility index (Phi) is 2.98. The topological polar surface area (TPSA) is 69.8 Å². The van der Waals surface area contributed by atoms with Gasteiger partial charge in [-0.1, -0.05) is 0 Å². The molecule has 1 aromatic heterocycles. The van der Waals surface area contributed by atoms with Gasteiger partial charge < -0.3 is 10.6 Å². The number of rotatable bonds is 2. The summed E-state index contributed by atoms with van der Waals surface area (Å²) < 4.78 is 0. The van der Waals surface area contributed by atoms with Crippen molar-refractivity contribution in [1.82, 2.24) is 15.5 Å². The average molecular weight is 244 g/mol. The summed E-state index contributed by atoms with van der Waals surface area (Å²) in [6, 6.07) is 5.77. The molecule has 1 saturated heterocycles. The van der Waals surface area contributed by atoms with E-state index in [1.54, 1.807) is 6.20 Å². The molecule has 2 aromatic rings. The van der Waals surface area contributed by atoms with Crippen molar-refractivity contribution in [2.24, 2.45) is 5.92 Å². The van der Waals surface area contributed by atoms with Gasteiger partial charge in [-0.25, -0.2) is 0 Å². The molecule has 0 spiro atoms. The first-order valence-corrected chi connectivity index (χ1v) is 6.27. The number of nitrogens with zero attached hydrogens (tertiary/aromatic N) is 1. The summed E-state index contributed by atoms with van der Waals surface area (Å²) in [4.78, 5) is 12.1. The zero-order valence-electron chi connectivity index (χ0n) is 10.1. The molecule has 5 nitrogen and oxygen atoms in total. The highest BCUT2D eigenvalue weighted by atomic mass is 16.1. The molecule has 1 aliphatic heterocycles. The number of anilines is 1. The maximum Gasteiger partial charge on any atom is 0.228 e. The SMILES string of the molecule is O=C(Nc1ccc2cn[nH]c2c1)[C@H]1CCCNC1. The number of H-pyrrole nitrogens is 1. The molecule has 1 amide bonds. The summed E-state index contributed by atoms with van der Waals surface area (Å²) in [5.74, 6) is 0.178. The molecule has 1 aliphatic rings. The van der Waals surface area contributed by atoms with Crippen LogP contribution < -0.4 is 10.6 Å². The minimum Gasteiger partial charge on any atom is -0.326 e. The molecule has 0 radical (unpaired) electrons. The third kappa shape index (κ3) is 2.22. The smallest absolute Gasteiger partial charge is 0.228 e. The number of aromatic nitrogens is 2. The fourth-order valence-corrected chi connectivity index (χ4v) is 2.33. The first kappa shape index (κ1) is 11.2. The molecule has 5 heteroatoms. The molecule has 0 aliphatic carbocycles. The van der Waals surface area contributed by atoms with Gasteiger partial charge in [-0.15, -0.1) is 0 Å². The quantitative estimate of drug-likeness (QED) is 0.749. The predicted molar refractivity (Wildman–Crippen MR) is 70.3 cm³/mol. The van der Waals surface area contributed by atoms with Crippen molar-refractivity contribution >= 4 is 22.5 Å². The van der Waals surface area contributed by atoms with Crippen molar-refractivity contribution in [3.05, 3.63) is 24.4 Å². The number of piperidine rings is 1. The zero-order chi connectivity index (χ0) is 12.4. The van der Waals surface area contributed by atoms with Crippen LogP contribution in [0, 0.1) is 5.92 Å². The normalized spacial score (nSPS) is 19.9. The number of fused-ring (bicyclic) bond motifs is 1. The third-order valence-corrected chi connectivity index (χ3v) is 3.38. The van der Waals surface area contributed by atoms with Gasteiger partial charge in [0.2, 0.25) is 5.91 Å². The van der Waals surface area contributed by atoms with E-state index in [1.165, 1.54) is 0 Å². The van der Waals surface area contributed by atoms with Crippen molar-refractivity contribution in [1.29, 1.82) is 0 Å². The highest BCUT2D eigenvalue weighted by Gasteiger charge is 2.20. The fourth-order valence-electron chi connectivity index (χ4n) is 2.33. The van der Waals surface area contributed by atoms with Crippen LogP contribution in [0.25, 0.3) is 10.9 Å². The maximum absolute atomic E-state index is 12.1. The van der Waals surface area contributed by atoms with Crippen molar-refractivity contribution in [2.45, 2.75) is 12.8 Å². The molecule has 1 atom stereocenters. The zero-order valence-corrected chi connectivity index (χ0v) is 10.1. The second kappa shape index (κ2) is 4.78. The maximum atomic E-state index is 12.1. The summed E-state index contributed by atoms with van der Waals surface area (Å²) in [5, 5.41) is 14.1. The highest BCUT2D eigenvalue weighted by molar-refractivity contribution is 5.94. The monoisotopic (exact) mass is 244 g/mol. The Hall–Kier alpha value is -1.88. The van der Waals surface area contributed by atoms with Gasteiger partial charge in [0, 0.05) is 17.6 Å². The molecule has 0 bridgehead atoms. The van der Waals surface area contributed by atoms with Crippen LogP contribution in [0.1, 0.15) is 12.8 Å². The molecule has 3 N–H and O–H groups in total. The van der Waals surface area contributed by atoms with Crippen molar-refractivity contribution < 1.29 is 4.79 Å². The van der Waals surface area contributed by atoms with Crippen LogP contribution in [-0.4, -0.2) is 29.2 Å². The Morgan fingerprint density at radius 2 is 2.39 bits per heavy atom. The van der Waals surface area contributed by atoms with Gasteiger partial charge >= 0.3 is 0 Å². The molecule has 0 unspecified atom stereocenters. The van der Waals surface area contributed by atoms with Crippen LogP contribution in [0.15, 0.2) is 24.4 Å². The van der Waals surface area contributed by atoms with Crippen molar-refractivity contribution in [3.8, 4) is 0 Å². The van der Waals surface area contributed by atoms with Crippen LogP contribution in [0.5, 0.6) is 0 Å². The summed E-state index contributed by atoms with van der Waals surface area (Å²) in [5.41, 5.74) is 1.76. The second-order valence-corrected chi connectivity index (χ2v) is 4.70. The Morgan fingerprint density at radius 1 is 1.44 bits per heavy atom. The number of carbonyl (C=O) groups is 1. The predicted octanol–water partition coefficient (Wildman–Crippen LogP) is 1.50. The van der Waals surface area contributed by atoms with Crippen LogP contribution in [0.2, 0.25) is 0 Å². The van der Waals surface area contributed by atoms with Gasteiger partial charge in [0.25, 0.3) is 0 Å². The lowest BCUT2D eigenvalue weighted by atomic mass is 9.99. The van der Waals surface area contributed by atoms with E-state index in [0.717, 1.165) is 42.5 Å². The molecule has 3 rings (SSSR count). The van der Waals surface area contributed by atoms with E-state index in [2.05, 4.69) is 20.8 Å². The summed E-state index contributed by atoms with van der Waals surface area (Å²) in [6.45, 7) is 1.79. The minimum absolute atomic E-state index is 0.0798. The largest absolute Gasteiger partial charge is 0.326 e. The first-order valence-electron chi connectivity index (χ1n) is 6.27. The van der Waals surface area contributed by atoms with Crippen LogP contribution in [0.3, 0.4) is 0 Å². The Balaban J connectivity index is 1.72. The van der Waals surface area contributed by atoms with Gasteiger partial charge in [0.15, 0.2) is 0 Å².